The van der Waals surface area contributed by atoms with Crippen molar-refractivity contribution in [2.45, 2.75) is 26.9 Å². The molecule has 5 rings (SSSR count). The van der Waals surface area contributed by atoms with Crippen LogP contribution in [0, 0.1) is 20.8 Å². The highest BCUT2D eigenvalue weighted by atomic mass is 16.2. The molecule has 0 bridgehead atoms. The van der Waals surface area contributed by atoms with E-state index in [-0.39, 0.29) is 23.5 Å². The van der Waals surface area contributed by atoms with Crippen LogP contribution in [0.3, 0.4) is 0 Å². The van der Waals surface area contributed by atoms with Gasteiger partial charge in [0, 0.05) is 41.5 Å². The maximum absolute atomic E-state index is 13.7. The third-order valence-corrected chi connectivity index (χ3v) is 6.30. The molecule has 7 heteroatoms. The van der Waals surface area contributed by atoms with E-state index in [9.17, 15) is 14.4 Å². The predicted molar refractivity (Wildman–Crippen MR) is 140 cm³/mol. The smallest absolute Gasteiger partial charge is 0.263 e. The first-order valence-electron chi connectivity index (χ1n) is 11.9. The number of imidazole rings is 1. The molecule has 4 aromatic rings. The van der Waals surface area contributed by atoms with E-state index in [4.69, 9.17) is 0 Å². The number of amides is 2. The lowest BCUT2D eigenvalue weighted by atomic mass is 10.1. The Morgan fingerprint density at radius 3 is 1.51 bits per heavy atom. The fourth-order valence-corrected chi connectivity index (χ4v) is 4.50. The molecule has 0 spiro atoms. The normalized spacial score (nSPS) is 13.3. The topological polar surface area (TPSA) is 75.5 Å². The molecule has 0 fully saturated rings. The van der Waals surface area contributed by atoms with Crippen molar-refractivity contribution in [3.8, 4) is 0 Å². The molecule has 0 N–H and O–H groups in total. The molecule has 1 aliphatic heterocycles. The summed E-state index contributed by atoms with van der Waals surface area (Å²) in [6.45, 7) is 5.74. The van der Waals surface area contributed by atoms with Crippen molar-refractivity contribution in [3.63, 3.8) is 0 Å². The molecule has 1 aromatic heterocycles. The second kappa shape index (κ2) is 9.70. The Morgan fingerprint density at radius 1 is 0.649 bits per heavy atom. The zero-order valence-electron chi connectivity index (χ0n) is 20.8. The van der Waals surface area contributed by atoms with Gasteiger partial charge in [-0.15, -0.1) is 0 Å². The second-order valence-corrected chi connectivity index (χ2v) is 9.17. The first-order chi connectivity index (χ1) is 17.8. The van der Waals surface area contributed by atoms with Gasteiger partial charge < -0.3 is 0 Å². The summed E-state index contributed by atoms with van der Waals surface area (Å²) in [4.78, 5) is 48.2. The average molecular weight is 491 g/mol. The molecular weight excluding hydrogens is 464 g/mol. The monoisotopic (exact) mass is 490 g/mol. The van der Waals surface area contributed by atoms with Crippen LogP contribution in [-0.4, -0.2) is 37.1 Å². The molecule has 0 radical (unpaired) electrons. The number of hydrogen-bond acceptors (Lipinski definition) is 4. The van der Waals surface area contributed by atoms with Gasteiger partial charge in [-0.3, -0.25) is 28.8 Å². The van der Waals surface area contributed by atoms with E-state index in [1.807, 2.05) is 57.2 Å². The summed E-state index contributed by atoms with van der Waals surface area (Å²) in [5.74, 6) is -0.642. The van der Waals surface area contributed by atoms with Crippen molar-refractivity contribution >= 4 is 17.7 Å². The molecule has 2 heterocycles. The summed E-state index contributed by atoms with van der Waals surface area (Å²) >= 11 is 0. The van der Waals surface area contributed by atoms with Gasteiger partial charge in [0.1, 0.15) is 0 Å². The van der Waals surface area contributed by atoms with Gasteiger partial charge in [0.15, 0.2) is 12.0 Å². The number of carbonyl (C=O) groups excluding carboxylic acids is 3. The van der Waals surface area contributed by atoms with E-state index in [0.29, 0.717) is 16.7 Å². The maximum Gasteiger partial charge on any atom is 0.263 e. The van der Waals surface area contributed by atoms with Gasteiger partial charge in [0.05, 0.1) is 0 Å². The zero-order valence-corrected chi connectivity index (χ0v) is 20.8. The highest BCUT2D eigenvalue weighted by molar-refractivity contribution is 5.99. The molecule has 184 valence electrons. The van der Waals surface area contributed by atoms with E-state index in [0.717, 1.165) is 16.7 Å². The number of aromatic nitrogens is 2. The Bertz CT molecular complexity index is 1480. The minimum atomic E-state index is -0.954. The first-order valence-corrected chi connectivity index (χ1v) is 11.9. The lowest BCUT2D eigenvalue weighted by Crippen LogP contribution is -2.40. The van der Waals surface area contributed by atoms with E-state index < -0.39 is 6.17 Å². The van der Waals surface area contributed by atoms with Crippen molar-refractivity contribution in [1.29, 1.82) is 0 Å². The van der Waals surface area contributed by atoms with Crippen molar-refractivity contribution < 1.29 is 14.4 Å². The van der Waals surface area contributed by atoms with Gasteiger partial charge in [-0.2, -0.15) is 0 Å². The number of carbonyl (C=O) groups is 3. The number of benzene rings is 3. The van der Waals surface area contributed by atoms with Gasteiger partial charge in [0.2, 0.25) is 0 Å². The Labute approximate surface area is 215 Å². The van der Waals surface area contributed by atoms with Gasteiger partial charge in [-0.1, -0.05) is 53.1 Å². The van der Waals surface area contributed by atoms with Crippen molar-refractivity contribution in [2.75, 3.05) is 0 Å². The second-order valence-electron chi connectivity index (χ2n) is 9.17. The maximum atomic E-state index is 13.7. The van der Waals surface area contributed by atoms with E-state index >= 15 is 0 Å². The number of aryl methyl sites for hydroxylation is 3. The van der Waals surface area contributed by atoms with Gasteiger partial charge in [-0.05, 0) is 57.2 Å². The van der Waals surface area contributed by atoms with Crippen molar-refractivity contribution in [2.24, 2.45) is 0 Å². The van der Waals surface area contributed by atoms with Crippen LogP contribution >= 0.6 is 0 Å². The van der Waals surface area contributed by atoms with Crippen LogP contribution in [-0.2, 0) is 0 Å². The molecular formula is C30H26N4O3. The van der Waals surface area contributed by atoms with Crippen LogP contribution in [0.1, 0.15) is 59.8 Å². The third-order valence-electron chi connectivity index (χ3n) is 6.30. The average Bonchev–Trinajstić information content (AvgIpc) is 3.54. The first kappa shape index (κ1) is 23.9. The molecule has 0 saturated heterocycles. The lowest BCUT2D eigenvalue weighted by Gasteiger charge is -2.30. The highest BCUT2D eigenvalue weighted by Crippen LogP contribution is 2.33. The molecule has 1 aliphatic rings. The van der Waals surface area contributed by atoms with Crippen LogP contribution < -0.4 is 0 Å². The van der Waals surface area contributed by atoms with Gasteiger partial charge in [-0.25, -0.2) is 4.98 Å². The molecule has 2 amide bonds. The van der Waals surface area contributed by atoms with E-state index in [1.54, 1.807) is 55.0 Å². The fourth-order valence-electron chi connectivity index (χ4n) is 4.50. The van der Waals surface area contributed by atoms with Crippen LogP contribution in [0.5, 0.6) is 0 Å². The van der Waals surface area contributed by atoms with Crippen LogP contribution in [0.4, 0.5) is 0 Å². The van der Waals surface area contributed by atoms with Crippen molar-refractivity contribution in [3.05, 3.63) is 137 Å². The summed E-state index contributed by atoms with van der Waals surface area (Å²) in [6.07, 6.45) is 5.25. The SMILES string of the molecule is Cc1cccc(C(=O)N2C=CN(C(=O)c3cccc(C)c3)C2c2nccn2C(=O)c2cccc(C)c2)c1. The standard InChI is InChI=1S/C30H26N4O3/c1-20-7-4-10-23(17-20)28(35)32-14-13-31-26(32)27-33(29(36)24-11-5-8-21(2)18-24)15-16-34(27)30(37)25-12-6-9-22(3)19-25/h4-19,27H,1-3H3. The Hall–Kier alpha value is -4.78. The highest BCUT2D eigenvalue weighted by Gasteiger charge is 2.40. The van der Waals surface area contributed by atoms with E-state index in [1.165, 1.54) is 20.6 Å². The number of nitrogens with zero attached hydrogens (tertiary/aromatic N) is 4. The molecule has 0 aliphatic carbocycles. The van der Waals surface area contributed by atoms with Gasteiger partial charge in [0.25, 0.3) is 17.7 Å². The van der Waals surface area contributed by atoms with Crippen LogP contribution in [0.2, 0.25) is 0 Å². The molecule has 3 aromatic carbocycles. The Kier molecular flexibility index (Phi) is 6.27. The molecule has 0 saturated carbocycles. The minimum absolute atomic E-state index is 0.263. The van der Waals surface area contributed by atoms with Crippen molar-refractivity contribution in [1.82, 2.24) is 19.4 Å². The Morgan fingerprint density at radius 2 is 1.08 bits per heavy atom. The molecule has 37 heavy (non-hydrogen) atoms. The molecule has 0 atom stereocenters. The third kappa shape index (κ3) is 4.59. The van der Waals surface area contributed by atoms with Crippen LogP contribution in [0.15, 0.2) is 97.6 Å². The summed E-state index contributed by atoms with van der Waals surface area (Å²) in [5, 5.41) is 0. The summed E-state index contributed by atoms with van der Waals surface area (Å²) < 4.78 is 1.40. The number of hydrogen-bond donors (Lipinski definition) is 0. The lowest BCUT2D eigenvalue weighted by molar-refractivity contribution is 0.0552. The quantitative estimate of drug-likeness (QED) is 0.391. The van der Waals surface area contributed by atoms with Gasteiger partial charge >= 0.3 is 0 Å². The largest absolute Gasteiger partial charge is 0.285 e. The summed E-state index contributed by atoms with van der Waals surface area (Å²) in [7, 11) is 0. The van der Waals surface area contributed by atoms with E-state index in [2.05, 4.69) is 4.98 Å². The molecule has 0 unspecified atom stereocenters. The predicted octanol–water partition coefficient (Wildman–Crippen LogP) is 5.27. The Balaban J connectivity index is 1.59. The summed E-state index contributed by atoms with van der Waals surface area (Å²) in [5.41, 5.74) is 4.26. The van der Waals surface area contributed by atoms with Crippen LogP contribution in [0.25, 0.3) is 0 Å². The molecule has 7 nitrogen and oxygen atoms in total. The fraction of sp³-hybridized carbons (Fsp3) is 0.133. The minimum Gasteiger partial charge on any atom is -0.285 e. The number of rotatable bonds is 4. The zero-order chi connectivity index (χ0) is 26.1. The summed E-state index contributed by atoms with van der Waals surface area (Å²) in [6, 6.07) is 21.8.